The van der Waals surface area contributed by atoms with Crippen molar-refractivity contribution in [2.24, 2.45) is 0 Å². The second-order valence-electron chi connectivity index (χ2n) is 2.54. The van der Waals surface area contributed by atoms with Gasteiger partial charge in [-0.3, -0.25) is 4.57 Å². The van der Waals surface area contributed by atoms with Crippen LogP contribution in [0.3, 0.4) is 0 Å². The van der Waals surface area contributed by atoms with E-state index in [1.807, 2.05) is 13.8 Å². The highest BCUT2D eigenvalue weighted by Gasteiger charge is 2.20. The first kappa shape index (κ1) is 13.5. The zero-order valence-corrected chi connectivity index (χ0v) is 9.93. The fraction of sp³-hybridized carbons (Fsp3) is 0.667. The van der Waals surface area contributed by atoms with Gasteiger partial charge in [0.25, 0.3) is 0 Å². The first-order chi connectivity index (χ1) is 6.68. The van der Waals surface area contributed by atoms with Crippen LogP contribution < -0.4 is 0 Å². The van der Waals surface area contributed by atoms with E-state index in [4.69, 9.17) is 9.47 Å². The first-order valence-electron chi connectivity index (χ1n) is 4.47. The number of rotatable bonds is 7. The molecule has 0 rings (SSSR count). The Hall–Kier alpha value is -0.530. The average Bonchev–Trinajstić information content (AvgIpc) is 2.13. The van der Waals surface area contributed by atoms with E-state index in [0.29, 0.717) is 13.2 Å². The standard InChI is InChI=1S/C9H17O4P/c1-4-11-9(3,12-5-2)7-6-8-13-14-10/h7-8H,4-5,14H2,1-3H3. The molecule has 5 heteroatoms. The summed E-state index contributed by atoms with van der Waals surface area (Å²) in [5, 5.41) is 0. The summed E-state index contributed by atoms with van der Waals surface area (Å²) in [5.41, 5.74) is 2.70. The Bertz CT molecular complexity index is 215. The van der Waals surface area contributed by atoms with E-state index in [-0.39, 0.29) is 0 Å². The molecule has 0 saturated heterocycles. The number of hydrogen-bond donors (Lipinski definition) is 0. The molecule has 0 fully saturated rings. The van der Waals surface area contributed by atoms with Crippen LogP contribution in [0.25, 0.3) is 0 Å². The Morgan fingerprint density at radius 1 is 1.36 bits per heavy atom. The molecule has 0 heterocycles. The highest BCUT2D eigenvalue weighted by Crippen LogP contribution is 2.13. The monoisotopic (exact) mass is 220 g/mol. The van der Waals surface area contributed by atoms with Crippen LogP contribution >= 0.6 is 8.69 Å². The largest absolute Gasteiger partial charge is 0.446 e. The van der Waals surface area contributed by atoms with Crippen LogP contribution in [0, 0.1) is 0 Å². The Morgan fingerprint density at radius 3 is 2.36 bits per heavy atom. The lowest BCUT2D eigenvalue weighted by atomic mass is 10.3. The van der Waals surface area contributed by atoms with Crippen molar-refractivity contribution in [3.8, 4) is 0 Å². The predicted octanol–water partition coefficient (Wildman–Crippen LogP) is 2.13. The van der Waals surface area contributed by atoms with Crippen LogP contribution in [-0.2, 0) is 18.6 Å². The minimum Gasteiger partial charge on any atom is -0.446 e. The van der Waals surface area contributed by atoms with Crippen LogP contribution in [0.2, 0.25) is 0 Å². The Kier molecular flexibility index (Phi) is 7.54. The van der Waals surface area contributed by atoms with Crippen molar-refractivity contribution < 1.29 is 18.6 Å². The topological polar surface area (TPSA) is 44.8 Å². The molecule has 0 aromatic carbocycles. The molecule has 0 N–H and O–H groups in total. The van der Waals surface area contributed by atoms with Crippen molar-refractivity contribution in [1.82, 2.24) is 0 Å². The summed E-state index contributed by atoms with van der Waals surface area (Å²) >= 11 is 0. The third-order valence-corrected chi connectivity index (χ3v) is 1.65. The Labute approximate surface area is 85.8 Å². The fourth-order valence-corrected chi connectivity index (χ4v) is 1.08. The molecule has 1 unspecified atom stereocenters. The van der Waals surface area contributed by atoms with Crippen molar-refractivity contribution in [1.29, 1.82) is 0 Å². The van der Waals surface area contributed by atoms with E-state index >= 15 is 0 Å². The van der Waals surface area contributed by atoms with Crippen molar-refractivity contribution in [2.45, 2.75) is 26.6 Å². The van der Waals surface area contributed by atoms with E-state index in [0.717, 1.165) is 0 Å². The fourth-order valence-electron chi connectivity index (χ4n) is 0.951. The predicted molar refractivity (Wildman–Crippen MR) is 55.8 cm³/mol. The van der Waals surface area contributed by atoms with Crippen LogP contribution in [0.15, 0.2) is 18.1 Å². The smallest absolute Gasteiger partial charge is 0.225 e. The van der Waals surface area contributed by atoms with E-state index < -0.39 is 14.5 Å². The maximum atomic E-state index is 10.0. The minimum absolute atomic E-state index is 0.544. The third-order valence-electron chi connectivity index (χ3n) is 1.40. The molecular formula is C9H17O4P. The van der Waals surface area contributed by atoms with Gasteiger partial charge < -0.3 is 14.0 Å². The molecule has 0 saturated carbocycles. The quantitative estimate of drug-likeness (QED) is 0.285. The normalized spacial score (nSPS) is 11.4. The summed E-state index contributed by atoms with van der Waals surface area (Å²) in [6.07, 6.45) is 2.83. The Balaban J connectivity index is 4.33. The molecule has 0 aliphatic carbocycles. The summed E-state index contributed by atoms with van der Waals surface area (Å²) in [6, 6.07) is 0. The molecule has 1 atom stereocenters. The van der Waals surface area contributed by atoms with E-state index in [9.17, 15) is 4.57 Å². The lowest BCUT2D eigenvalue weighted by molar-refractivity contribution is -0.186. The zero-order chi connectivity index (χ0) is 10.9. The van der Waals surface area contributed by atoms with Crippen LogP contribution in [0.4, 0.5) is 0 Å². The molecule has 0 radical (unpaired) electrons. The van der Waals surface area contributed by atoms with E-state index in [2.05, 4.69) is 10.3 Å². The Morgan fingerprint density at radius 2 is 1.93 bits per heavy atom. The molecule has 82 valence electrons. The van der Waals surface area contributed by atoms with Crippen LogP contribution in [0.1, 0.15) is 20.8 Å². The molecule has 0 bridgehead atoms. The lowest BCUT2D eigenvalue weighted by Gasteiger charge is -2.24. The third kappa shape index (κ3) is 6.01. The van der Waals surface area contributed by atoms with Crippen molar-refractivity contribution in [2.75, 3.05) is 13.2 Å². The van der Waals surface area contributed by atoms with Gasteiger partial charge in [-0.05, 0) is 20.8 Å². The molecule has 14 heavy (non-hydrogen) atoms. The van der Waals surface area contributed by atoms with Gasteiger partial charge in [-0.1, -0.05) is 5.73 Å². The molecular weight excluding hydrogens is 203 g/mol. The average molecular weight is 220 g/mol. The van der Waals surface area contributed by atoms with Gasteiger partial charge >= 0.3 is 0 Å². The van der Waals surface area contributed by atoms with Crippen molar-refractivity contribution in [3.63, 3.8) is 0 Å². The number of hydrogen-bond acceptors (Lipinski definition) is 4. The molecule has 0 spiro atoms. The zero-order valence-electron chi connectivity index (χ0n) is 8.78. The summed E-state index contributed by atoms with van der Waals surface area (Å²) in [7, 11) is -1.23. The maximum Gasteiger partial charge on any atom is 0.225 e. The summed E-state index contributed by atoms with van der Waals surface area (Å²) in [5.74, 6) is -0.790. The molecule has 4 nitrogen and oxygen atoms in total. The number of ether oxygens (including phenoxy) is 2. The summed E-state index contributed by atoms with van der Waals surface area (Å²) in [6.45, 7) is 6.63. The molecule has 0 amide bonds. The van der Waals surface area contributed by atoms with Gasteiger partial charge in [-0.25, -0.2) is 0 Å². The van der Waals surface area contributed by atoms with Gasteiger partial charge in [0.2, 0.25) is 8.69 Å². The van der Waals surface area contributed by atoms with Crippen molar-refractivity contribution in [3.05, 3.63) is 18.1 Å². The van der Waals surface area contributed by atoms with Crippen LogP contribution in [-0.4, -0.2) is 19.0 Å². The lowest BCUT2D eigenvalue weighted by Crippen LogP contribution is -2.29. The minimum atomic E-state index is -1.23. The van der Waals surface area contributed by atoms with Gasteiger partial charge in [-0.2, -0.15) is 0 Å². The summed E-state index contributed by atoms with van der Waals surface area (Å²) < 4.78 is 25.3. The van der Waals surface area contributed by atoms with Crippen LogP contribution in [0.5, 0.6) is 0 Å². The van der Waals surface area contributed by atoms with Gasteiger partial charge in [0, 0.05) is 19.3 Å². The SMILES string of the molecule is CCOC(C)(C=C=CO[PH2]=O)OCC. The van der Waals surface area contributed by atoms with E-state index in [1.165, 1.54) is 6.26 Å². The maximum absolute atomic E-state index is 10.0. The highest BCUT2D eigenvalue weighted by atomic mass is 31.1. The highest BCUT2D eigenvalue weighted by molar-refractivity contribution is 7.17. The van der Waals surface area contributed by atoms with Gasteiger partial charge in [0.05, 0.1) is 0 Å². The van der Waals surface area contributed by atoms with Gasteiger partial charge in [0.1, 0.15) is 6.26 Å². The second kappa shape index (κ2) is 7.84. The van der Waals surface area contributed by atoms with Gasteiger partial charge in [0.15, 0.2) is 5.79 Å². The van der Waals surface area contributed by atoms with Gasteiger partial charge in [-0.15, -0.1) is 0 Å². The molecule has 0 aromatic heterocycles. The van der Waals surface area contributed by atoms with E-state index in [1.54, 1.807) is 13.0 Å². The molecule has 0 aromatic rings. The molecule has 0 aliphatic rings. The second-order valence-corrected chi connectivity index (χ2v) is 3.01. The molecule has 0 aliphatic heterocycles. The van der Waals surface area contributed by atoms with Crippen molar-refractivity contribution >= 4 is 8.69 Å². The first-order valence-corrected chi connectivity index (χ1v) is 5.42. The summed E-state index contributed by atoms with van der Waals surface area (Å²) in [4.78, 5) is 0.